The lowest BCUT2D eigenvalue weighted by Crippen LogP contribution is -2.48. The van der Waals surface area contributed by atoms with E-state index >= 15 is 0 Å². The third kappa shape index (κ3) is 4.43. The Labute approximate surface area is 206 Å². The standard InChI is InChI=1S/C26H31N3O5S/c1-34-23-12-11-19(18-29-25(30)21-9-5-6-10-22(21)26(29)31)17-24(23)35(32,33)28-15-13-27(14-16-28)20-7-3-2-4-8-20/h2-4,7-8,11-12,17,21-22H,5-6,9-10,13-16,18H2,1H3. The molecule has 5 rings (SSSR count). The van der Waals surface area contributed by atoms with Gasteiger partial charge in [0.05, 0.1) is 25.5 Å². The molecule has 2 heterocycles. The Bertz CT molecular complexity index is 1180. The highest BCUT2D eigenvalue weighted by Crippen LogP contribution is 2.39. The van der Waals surface area contributed by atoms with Gasteiger partial charge in [0, 0.05) is 31.9 Å². The minimum Gasteiger partial charge on any atom is -0.495 e. The van der Waals surface area contributed by atoms with Gasteiger partial charge in [0.15, 0.2) is 0 Å². The molecule has 3 fully saturated rings. The van der Waals surface area contributed by atoms with Crippen molar-refractivity contribution in [3.8, 4) is 5.75 Å². The van der Waals surface area contributed by atoms with Gasteiger partial charge < -0.3 is 9.64 Å². The summed E-state index contributed by atoms with van der Waals surface area (Å²) in [4.78, 5) is 29.4. The number of hydrogen-bond donors (Lipinski definition) is 0. The van der Waals surface area contributed by atoms with E-state index in [1.54, 1.807) is 18.2 Å². The number of methoxy groups -OCH3 is 1. The molecule has 1 saturated carbocycles. The van der Waals surface area contributed by atoms with Gasteiger partial charge in [-0.1, -0.05) is 37.1 Å². The van der Waals surface area contributed by atoms with Gasteiger partial charge in [-0.2, -0.15) is 4.31 Å². The molecular weight excluding hydrogens is 466 g/mol. The number of nitrogens with zero attached hydrogens (tertiary/aromatic N) is 3. The zero-order valence-electron chi connectivity index (χ0n) is 19.9. The molecule has 0 bridgehead atoms. The molecule has 3 aliphatic rings. The maximum absolute atomic E-state index is 13.6. The normalized spacial score (nSPS) is 23.5. The Morgan fingerprint density at radius 2 is 1.51 bits per heavy atom. The Balaban J connectivity index is 1.35. The fourth-order valence-corrected chi connectivity index (χ4v) is 7.18. The van der Waals surface area contributed by atoms with Crippen molar-refractivity contribution >= 4 is 27.5 Å². The highest BCUT2D eigenvalue weighted by molar-refractivity contribution is 7.89. The predicted molar refractivity (Wildman–Crippen MR) is 131 cm³/mol. The van der Waals surface area contributed by atoms with Crippen LogP contribution >= 0.6 is 0 Å². The second-order valence-corrected chi connectivity index (χ2v) is 11.4. The van der Waals surface area contributed by atoms with E-state index in [2.05, 4.69) is 4.90 Å². The van der Waals surface area contributed by atoms with E-state index in [1.807, 2.05) is 30.3 Å². The Morgan fingerprint density at radius 1 is 0.886 bits per heavy atom. The molecule has 2 aromatic carbocycles. The first-order valence-corrected chi connectivity index (χ1v) is 13.7. The zero-order chi connectivity index (χ0) is 24.6. The Hall–Kier alpha value is -2.91. The summed E-state index contributed by atoms with van der Waals surface area (Å²) in [5.74, 6) is -0.446. The summed E-state index contributed by atoms with van der Waals surface area (Å²) in [5.41, 5.74) is 1.68. The number of sulfonamides is 1. The van der Waals surface area contributed by atoms with Crippen LogP contribution in [0.3, 0.4) is 0 Å². The smallest absolute Gasteiger partial charge is 0.246 e. The quantitative estimate of drug-likeness (QED) is 0.571. The molecule has 9 heteroatoms. The number of anilines is 1. The highest BCUT2D eigenvalue weighted by atomic mass is 32.2. The SMILES string of the molecule is COc1ccc(CN2C(=O)C3CCCCC3C2=O)cc1S(=O)(=O)N1CCN(c2ccccc2)CC1. The molecule has 35 heavy (non-hydrogen) atoms. The van der Waals surface area contributed by atoms with Crippen molar-refractivity contribution < 1.29 is 22.7 Å². The van der Waals surface area contributed by atoms with Gasteiger partial charge in [0.25, 0.3) is 0 Å². The molecule has 2 saturated heterocycles. The van der Waals surface area contributed by atoms with E-state index in [4.69, 9.17) is 4.74 Å². The molecule has 2 amide bonds. The minimum absolute atomic E-state index is 0.0715. The summed E-state index contributed by atoms with van der Waals surface area (Å²) in [7, 11) is -2.38. The summed E-state index contributed by atoms with van der Waals surface area (Å²) < 4.78 is 34.1. The summed E-state index contributed by atoms with van der Waals surface area (Å²) in [6, 6.07) is 14.8. The molecule has 0 radical (unpaired) electrons. The van der Waals surface area contributed by atoms with Gasteiger partial charge in [-0.25, -0.2) is 8.42 Å². The molecule has 0 N–H and O–H groups in total. The lowest BCUT2D eigenvalue weighted by molar-refractivity contribution is -0.140. The number of carbonyl (C=O) groups is 2. The van der Waals surface area contributed by atoms with Crippen molar-refractivity contribution in [1.29, 1.82) is 0 Å². The molecule has 0 spiro atoms. The van der Waals surface area contributed by atoms with Gasteiger partial charge in [-0.05, 0) is 42.7 Å². The van der Waals surface area contributed by atoms with Crippen molar-refractivity contribution in [2.45, 2.75) is 37.1 Å². The van der Waals surface area contributed by atoms with Gasteiger partial charge in [-0.3, -0.25) is 14.5 Å². The Kier molecular flexibility index (Phi) is 6.55. The van der Waals surface area contributed by atoms with Crippen LogP contribution in [0.25, 0.3) is 0 Å². The van der Waals surface area contributed by atoms with Gasteiger partial charge in [-0.15, -0.1) is 0 Å². The van der Waals surface area contributed by atoms with E-state index < -0.39 is 10.0 Å². The number of imide groups is 1. The van der Waals surface area contributed by atoms with Crippen LogP contribution in [0.4, 0.5) is 5.69 Å². The monoisotopic (exact) mass is 497 g/mol. The number of carbonyl (C=O) groups excluding carboxylic acids is 2. The second kappa shape index (κ2) is 9.62. The molecule has 186 valence electrons. The topological polar surface area (TPSA) is 87.2 Å². The molecule has 2 unspecified atom stereocenters. The van der Waals surface area contributed by atoms with Crippen molar-refractivity contribution in [2.24, 2.45) is 11.8 Å². The average Bonchev–Trinajstić information content (AvgIpc) is 3.14. The van der Waals surface area contributed by atoms with Crippen molar-refractivity contribution in [3.05, 3.63) is 54.1 Å². The van der Waals surface area contributed by atoms with E-state index in [-0.39, 0.29) is 40.8 Å². The van der Waals surface area contributed by atoms with Gasteiger partial charge in [0.2, 0.25) is 21.8 Å². The maximum atomic E-state index is 13.6. The molecule has 2 aromatic rings. The number of piperazine rings is 1. The van der Waals surface area contributed by atoms with Crippen LogP contribution in [-0.2, 0) is 26.2 Å². The number of fused-ring (bicyclic) bond motifs is 1. The van der Waals surface area contributed by atoms with E-state index in [9.17, 15) is 18.0 Å². The minimum atomic E-state index is -3.82. The molecule has 8 nitrogen and oxygen atoms in total. The number of likely N-dealkylation sites (tertiary alicyclic amines) is 1. The predicted octanol–water partition coefficient (Wildman–Crippen LogP) is 2.88. The molecule has 0 aromatic heterocycles. The second-order valence-electron chi connectivity index (χ2n) is 9.47. The van der Waals surface area contributed by atoms with E-state index in [1.165, 1.54) is 16.3 Å². The zero-order valence-corrected chi connectivity index (χ0v) is 20.7. The number of hydrogen-bond acceptors (Lipinski definition) is 6. The fourth-order valence-electron chi connectivity index (χ4n) is 5.55. The summed E-state index contributed by atoms with van der Waals surface area (Å²) in [6.07, 6.45) is 3.44. The third-order valence-electron chi connectivity index (χ3n) is 7.48. The third-order valence-corrected chi connectivity index (χ3v) is 9.40. The van der Waals surface area contributed by atoms with Gasteiger partial charge >= 0.3 is 0 Å². The van der Waals surface area contributed by atoms with Crippen LogP contribution in [0.15, 0.2) is 53.4 Å². The number of benzene rings is 2. The lowest BCUT2D eigenvalue weighted by Gasteiger charge is -2.35. The highest BCUT2D eigenvalue weighted by Gasteiger charge is 2.48. The van der Waals surface area contributed by atoms with Crippen molar-refractivity contribution in [1.82, 2.24) is 9.21 Å². The molecular formula is C26H31N3O5S. The van der Waals surface area contributed by atoms with E-state index in [0.29, 0.717) is 31.7 Å². The van der Waals surface area contributed by atoms with Crippen molar-refractivity contribution in [2.75, 3.05) is 38.2 Å². The number of amides is 2. The largest absolute Gasteiger partial charge is 0.495 e. The van der Waals surface area contributed by atoms with Crippen molar-refractivity contribution in [3.63, 3.8) is 0 Å². The number of ether oxygens (including phenoxy) is 1. The first kappa shape index (κ1) is 23.8. The Morgan fingerprint density at radius 3 is 2.11 bits per heavy atom. The van der Waals surface area contributed by atoms with Crippen LogP contribution in [0, 0.1) is 11.8 Å². The van der Waals surface area contributed by atoms with Crippen LogP contribution < -0.4 is 9.64 Å². The van der Waals surface area contributed by atoms with Crippen LogP contribution in [0.2, 0.25) is 0 Å². The maximum Gasteiger partial charge on any atom is 0.246 e. The number of para-hydroxylation sites is 1. The van der Waals surface area contributed by atoms with Crippen LogP contribution in [-0.4, -0.2) is 62.7 Å². The summed E-state index contributed by atoms with van der Waals surface area (Å²) >= 11 is 0. The van der Waals surface area contributed by atoms with Crippen LogP contribution in [0.5, 0.6) is 5.75 Å². The molecule has 2 aliphatic heterocycles. The van der Waals surface area contributed by atoms with Gasteiger partial charge in [0.1, 0.15) is 10.6 Å². The number of rotatable bonds is 6. The first-order valence-electron chi connectivity index (χ1n) is 12.2. The summed E-state index contributed by atoms with van der Waals surface area (Å²) in [6.45, 7) is 1.97. The molecule has 2 atom stereocenters. The van der Waals surface area contributed by atoms with Crippen LogP contribution in [0.1, 0.15) is 31.2 Å². The average molecular weight is 498 g/mol. The summed E-state index contributed by atoms with van der Waals surface area (Å²) in [5, 5.41) is 0. The molecule has 1 aliphatic carbocycles. The lowest BCUT2D eigenvalue weighted by atomic mass is 9.81. The first-order chi connectivity index (χ1) is 16.9. The van der Waals surface area contributed by atoms with E-state index in [0.717, 1.165) is 31.4 Å². The fraction of sp³-hybridized carbons (Fsp3) is 0.462.